The van der Waals surface area contributed by atoms with Crippen LogP contribution in [-0.2, 0) is 9.59 Å². The molecule has 41 heavy (non-hydrogen) atoms. The van der Waals surface area contributed by atoms with E-state index in [4.69, 9.17) is 0 Å². The third-order valence-corrected chi connectivity index (χ3v) is 9.50. The molecule has 0 bridgehead atoms. The number of unbranched alkanes of at least 4 members (excludes halogenated alkanes) is 10. The summed E-state index contributed by atoms with van der Waals surface area (Å²) in [5.41, 5.74) is 0. The normalized spacial score (nSPS) is 17.9. The molecule has 0 aromatic rings. The zero-order chi connectivity index (χ0) is 29.8. The molecule has 0 N–H and O–H groups in total. The Morgan fingerprint density at radius 1 is 0.585 bits per heavy atom. The van der Waals surface area contributed by atoms with Crippen molar-refractivity contribution >= 4 is 11.8 Å². The van der Waals surface area contributed by atoms with Gasteiger partial charge in [-0.25, -0.2) is 0 Å². The fourth-order valence-electron chi connectivity index (χ4n) is 7.26. The van der Waals surface area contributed by atoms with E-state index < -0.39 is 0 Å². The van der Waals surface area contributed by atoms with E-state index in [1.807, 2.05) is 0 Å². The monoisotopic (exact) mass is 577 g/mol. The Hall–Kier alpha value is -1.40. The van der Waals surface area contributed by atoms with Gasteiger partial charge in [0.15, 0.2) is 13.3 Å². The number of hydrogen-bond acceptors (Lipinski definition) is 2. The minimum atomic E-state index is 0.331. The Balaban J connectivity index is 2.04. The third kappa shape index (κ3) is 13.2. The second-order valence-corrected chi connectivity index (χ2v) is 13.3. The van der Waals surface area contributed by atoms with Crippen LogP contribution >= 0.6 is 0 Å². The first-order valence-electron chi connectivity index (χ1n) is 17.9. The van der Waals surface area contributed by atoms with Crippen LogP contribution in [0, 0.1) is 0 Å². The average Bonchev–Trinajstić information content (AvgIpc) is 3.55. The molecule has 1 atom stereocenters. The Bertz CT molecular complexity index is 748. The van der Waals surface area contributed by atoms with Crippen LogP contribution in [0.5, 0.6) is 0 Å². The minimum absolute atomic E-state index is 0.331. The van der Waals surface area contributed by atoms with Crippen molar-refractivity contribution in [2.45, 2.75) is 143 Å². The van der Waals surface area contributed by atoms with E-state index in [1.165, 1.54) is 64.2 Å². The van der Waals surface area contributed by atoms with Crippen LogP contribution in [0.3, 0.4) is 0 Å². The van der Waals surface area contributed by atoms with Crippen molar-refractivity contribution in [1.29, 1.82) is 0 Å². The highest BCUT2D eigenvalue weighted by Gasteiger charge is 2.38. The van der Waals surface area contributed by atoms with Crippen molar-refractivity contribution in [3.05, 3.63) is 12.3 Å². The first-order chi connectivity index (χ1) is 19.9. The maximum Gasteiger partial charge on any atom is 0.226 e. The molecular formula is C35H68N4O2+2. The summed E-state index contributed by atoms with van der Waals surface area (Å²) >= 11 is 0. The zero-order valence-electron chi connectivity index (χ0n) is 27.9. The van der Waals surface area contributed by atoms with Crippen LogP contribution in [0.2, 0.25) is 0 Å². The SMILES string of the molecule is CCCCCCCCCCCCC=C[N+](CCC)(CC[N+](CCC)(CCC)CN1CCCC1=O)CN1CCCC1=O. The van der Waals surface area contributed by atoms with Crippen LogP contribution in [0.4, 0.5) is 0 Å². The van der Waals surface area contributed by atoms with Crippen molar-refractivity contribution in [1.82, 2.24) is 9.80 Å². The smallest absolute Gasteiger partial charge is 0.226 e. The lowest BCUT2D eigenvalue weighted by Gasteiger charge is -2.44. The van der Waals surface area contributed by atoms with E-state index in [-0.39, 0.29) is 0 Å². The highest BCUT2D eigenvalue weighted by molar-refractivity contribution is 5.78. The molecule has 0 aromatic heterocycles. The third-order valence-electron chi connectivity index (χ3n) is 9.50. The van der Waals surface area contributed by atoms with E-state index in [9.17, 15) is 9.59 Å². The van der Waals surface area contributed by atoms with E-state index in [0.29, 0.717) is 24.7 Å². The number of hydrogen-bond donors (Lipinski definition) is 0. The van der Waals surface area contributed by atoms with Gasteiger partial charge >= 0.3 is 0 Å². The predicted molar refractivity (Wildman–Crippen MR) is 173 cm³/mol. The molecule has 6 nitrogen and oxygen atoms in total. The number of rotatable bonds is 25. The molecular weight excluding hydrogens is 508 g/mol. The van der Waals surface area contributed by atoms with Crippen LogP contribution in [0.15, 0.2) is 12.3 Å². The summed E-state index contributed by atoms with van der Waals surface area (Å²) in [7, 11) is 0. The summed E-state index contributed by atoms with van der Waals surface area (Å²) < 4.78 is 1.88. The van der Waals surface area contributed by atoms with Crippen molar-refractivity contribution in [3.8, 4) is 0 Å². The first-order valence-corrected chi connectivity index (χ1v) is 17.9. The molecule has 2 heterocycles. The molecule has 0 aliphatic carbocycles. The van der Waals surface area contributed by atoms with Gasteiger partial charge < -0.3 is 4.48 Å². The van der Waals surface area contributed by atoms with Gasteiger partial charge in [-0.3, -0.25) is 23.9 Å². The van der Waals surface area contributed by atoms with E-state index in [1.54, 1.807) is 0 Å². The van der Waals surface area contributed by atoms with Gasteiger partial charge in [-0.15, -0.1) is 0 Å². The second-order valence-electron chi connectivity index (χ2n) is 13.3. The number of amides is 2. The molecule has 0 spiro atoms. The molecule has 0 radical (unpaired) electrons. The fraction of sp³-hybridized carbons (Fsp3) is 0.886. The zero-order valence-corrected chi connectivity index (χ0v) is 27.9. The summed E-state index contributed by atoms with van der Waals surface area (Å²) in [6, 6.07) is 0. The van der Waals surface area contributed by atoms with Crippen molar-refractivity contribution in [2.24, 2.45) is 0 Å². The standard InChI is InChI=1S/C35H68N4O2/c1-5-9-10-11-12-13-14-15-16-17-18-19-29-39(28-8-4,33-37-25-21-23-35(37)41)31-30-38(26-6-2,27-7-3)32-36-24-20-22-34(36)40/h19,29H,5-18,20-28,30-33H2,1-4H3/q+2. The van der Waals surface area contributed by atoms with Crippen LogP contribution in [0.25, 0.3) is 0 Å². The number of nitrogens with zero attached hydrogens (tertiary/aromatic N) is 4. The molecule has 2 aliphatic rings. The van der Waals surface area contributed by atoms with Gasteiger partial charge in [0.1, 0.15) is 13.1 Å². The highest BCUT2D eigenvalue weighted by Crippen LogP contribution is 2.23. The van der Waals surface area contributed by atoms with Gasteiger partial charge in [0, 0.05) is 25.9 Å². The number of carbonyl (C=O) groups excluding carboxylic acids is 2. The molecule has 2 rings (SSSR count). The number of likely N-dealkylation sites (tertiary alicyclic amines) is 2. The Morgan fingerprint density at radius 3 is 1.59 bits per heavy atom. The lowest BCUT2D eigenvalue weighted by Crippen LogP contribution is -2.61. The van der Waals surface area contributed by atoms with Crippen molar-refractivity contribution in [3.63, 3.8) is 0 Å². The van der Waals surface area contributed by atoms with Crippen molar-refractivity contribution < 1.29 is 18.6 Å². The maximum atomic E-state index is 12.7. The maximum absolute atomic E-state index is 12.7. The molecule has 2 amide bonds. The summed E-state index contributed by atoms with van der Waals surface area (Å²) in [5.74, 6) is 0.672. The van der Waals surface area contributed by atoms with Crippen molar-refractivity contribution in [2.75, 3.05) is 59.2 Å². The highest BCUT2D eigenvalue weighted by atomic mass is 16.2. The van der Waals surface area contributed by atoms with Gasteiger partial charge in [-0.05, 0) is 51.0 Å². The van der Waals surface area contributed by atoms with Gasteiger partial charge in [0.25, 0.3) is 0 Å². The van der Waals surface area contributed by atoms with E-state index in [0.717, 1.165) is 107 Å². The van der Waals surface area contributed by atoms with Crippen LogP contribution < -0.4 is 0 Å². The molecule has 2 fully saturated rings. The van der Waals surface area contributed by atoms with E-state index in [2.05, 4.69) is 49.8 Å². The summed E-state index contributed by atoms with van der Waals surface area (Å²) in [4.78, 5) is 29.7. The van der Waals surface area contributed by atoms with E-state index >= 15 is 0 Å². The van der Waals surface area contributed by atoms with Gasteiger partial charge in [0.2, 0.25) is 11.8 Å². The molecule has 2 aliphatic heterocycles. The Kier molecular flexibility index (Phi) is 17.9. The molecule has 0 aromatic carbocycles. The van der Waals surface area contributed by atoms with Crippen LogP contribution in [0.1, 0.15) is 143 Å². The summed E-state index contributed by atoms with van der Waals surface area (Å²) in [6.07, 6.45) is 26.6. The topological polar surface area (TPSA) is 40.6 Å². The molecule has 238 valence electrons. The number of quaternary nitrogens is 2. The quantitative estimate of drug-likeness (QED) is 0.0821. The van der Waals surface area contributed by atoms with Crippen LogP contribution in [-0.4, -0.2) is 89.7 Å². The summed E-state index contributed by atoms with van der Waals surface area (Å²) in [6.45, 7) is 18.1. The number of allylic oxidation sites excluding steroid dienone is 1. The number of carbonyl (C=O) groups is 2. The lowest BCUT2D eigenvalue weighted by atomic mass is 10.1. The lowest BCUT2D eigenvalue weighted by molar-refractivity contribution is -0.970. The average molecular weight is 577 g/mol. The Labute approximate surface area is 254 Å². The molecule has 0 saturated carbocycles. The predicted octanol–water partition coefficient (Wildman–Crippen LogP) is 7.83. The second kappa shape index (κ2) is 20.5. The van der Waals surface area contributed by atoms with Gasteiger partial charge in [-0.1, -0.05) is 85.5 Å². The largest absolute Gasteiger partial charge is 0.302 e. The molecule has 2 saturated heterocycles. The Morgan fingerprint density at radius 2 is 1.10 bits per heavy atom. The molecule has 6 heteroatoms. The fourth-order valence-corrected chi connectivity index (χ4v) is 7.26. The first kappa shape index (κ1) is 35.8. The molecule has 1 unspecified atom stereocenters. The summed E-state index contributed by atoms with van der Waals surface area (Å²) in [5, 5.41) is 0. The van der Waals surface area contributed by atoms with Gasteiger partial charge in [0.05, 0.1) is 25.8 Å². The minimum Gasteiger partial charge on any atom is -0.302 e. The van der Waals surface area contributed by atoms with Gasteiger partial charge in [-0.2, -0.15) is 0 Å².